The average molecular weight is 281 g/mol. The molecule has 0 aromatic carbocycles. The molecule has 1 fully saturated rings. The summed E-state index contributed by atoms with van der Waals surface area (Å²) in [5.41, 5.74) is 4.51. The number of aromatic nitrogens is 2. The van der Waals surface area contributed by atoms with Crippen LogP contribution >= 0.6 is 0 Å². The van der Waals surface area contributed by atoms with Crippen molar-refractivity contribution in [1.29, 1.82) is 0 Å². The van der Waals surface area contributed by atoms with E-state index in [1.807, 2.05) is 6.92 Å². The van der Waals surface area contributed by atoms with Crippen molar-refractivity contribution in [2.45, 2.75) is 45.4 Å². The lowest BCUT2D eigenvalue weighted by molar-refractivity contribution is -0.117. The minimum atomic E-state index is -0.584. The van der Waals surface area contributed by atoms with Crippen LogP contribution in [0.4, 0.5) is 5.82 Å². The van der Waals surface area contributed by atoms with E-state index >= 15 is 0 Å². The Morgan fingerprint density at radius 2 is 2.25 bits per heavy atom. The zero-order valence-corrected chi connectivity index (χ0v) is 12.2. The van der Waals surface area contributed by atoms with Gasteiger partial charge in [0, 0.05) is 12.1 Å². The van der Waals surface area contributed by atoms with Gasteiger partial charge < -0.3 is 15.6 Å². The van der Waals surface area contributed by atoms with Crippen molar-refractivity contribution in [3.05, 3.63) is 22.7 Å². The molecule has 1 aromatic heterocycles. The predicted octanol–water partition coefficient (Wildman–Crippen LogP) is 1.16. The highest BCUT2D eigenvalue weighted by atomic mass is 16.5. The summed E-state index contributed by atoms with van der Waals surface area (Å²) < 4.78 is 7.56. The first-order chi connectivity index (χ1) is 9.45. The lowest BCUT2D eigenvalue weighted by Crippen LogP contribution is -2.39. The van der Waals surface area contributed by atoms with Crippen LogP contribution < -0.4 is 11.4 Å². The highest BCUT2D eigenvalue weighted by Gasteiger charge is 2.50. The Hall–Kier alpha value is -1.40. The van der Waals surface area contributed by atoms with Gasteiger partial charge in [0.1, 0.15) is 12.0 Å². The van der Waals surface area contributed by atoms with Gasteiger partial charge in [-0.3, -0.25) is 4.57 Å². The number of aliphatic hydroxyl groups is 1. The van der Waals surface area contributed by atoms with Crippen molar-refractivity contribution in [1.82, 2.24) is 9.55 Å². The summed E-state index contributed by atoms with van der Waals surface area (Å²) in [4.78, 5) is 15.7. The largest absolute Gasteiger partial charge is 0.393 e. The molecule has 4 atom stereocenters. The van der Waals surface area contributed by atoms with Crippen LogP contribution in [0.15, 0.2) is 17.1 Å². The molecule has 112 valence electrons. The number of hydrogen-bond donors (Lipinski definition) is 2. The maximum absolute atomic E-state index is 12.0. The third-order valence-corrected chi connectivity index (χ3v) is 4.49. The second-order valence-electron chi connectivity index (χ2n) is 5.67. The molecule has 0 saturated carbocycles. The highest BCUT2D eigenvalue weighted by Crippen LogP contribution is 2.47. The lowest BCUT2D eigenvalue weighted by Gasteiger charge is -2.31. The topological polar surface area (TPSA) is 90.4 Å². The second-order valence-corrected chi connectivity index (χ2v) is 5.67. The first kappa shape index (κ1) is 15.0. The molecule has 2 heterocycles. The molecule has 3 N–H and O–H groups in total. The summed E-state index contributed by atoms with van der Waals surface area (Å²) in [6, 6.07) is 1.58. The van der Waals surface area contributed by atoms with Crippen LogP contribution in [0.5, 0.6) is 0 Å². The summed E-state index contributed by atoms with van der Waals surface area (Å²) in [5, 5.41) is 9.77. The zero-order valence-electron chi connectivity index (χ0n) is 12.2. The molecule has 1 aliphatic rings. The van der Waals surface area contributed by atoms with E-state index in [0.717, 1.165) is 12.8 Å². The van der Waals surface area contributed by atoms with Crippen molar-refractivity contribution in [2.75, 3.05) is 12.3 Å². The van der Waals surface area contributed by atoms with Gasteiger partial charge in [-0.2, -0.15) is 4.98 Å². The number of hydrogen-bond acceptors (Lipinski definition) is 5. The number of ether oxygens (including phenoxy) is 1. The van der Waals surface area contributed by atoms with E-state index in [9.17, 15) is 9.90 Å². The number of nitrogens with two attached hydrogens (primary N) is 1. The molecule has 0 aliphatic carbocycles. The van der Waals surface area contributed by atoms with E-state index in [4.69, 9.17) is 10.5 Å². The van der Waals surface area contributed by atoms with Gasteiger partial charge >= 0.3 is 5.69 Å². The number of nitrogens with zero attached hydrogens (tertiary/aromatic N) is 2. The summed E-state index contributed by atoms with van der Waals surface area (Å²) in [6.07, 6.45) is 2.88. The Kier molecular flexibility index (Phi) is 4.15. The van der Waals surface area contributed by atoms with Gasteiger partial charge in [0.15, 0.2) is 0 Å². The first-order valence-electron chi connectivity index (χ1n) is 7.08. The van der Waals surface area contributed by atoms with Gasteiger partial charge in [-0.1, -0.05) is 27.2 Å². The van der Waals surface area contributed by atoms with Gasteiger partial charge in [-0.15, -0.1) is 0 Å². The molecule has 1 aromatic rings. The van der Waals surface area contributed by atoms with Crippen molar-refractivity contribution in [3.8, 4) is 0 Å². The molecule has 0 bridgehead atoms. The molecule has 6 heteroatoms. The number of anilines is 1. The average Bonchev–Trinajstić information content (AvgIpc) is 2.65. The number of aliphatic hydroxyl groups excluding tert-OH is 1. The fourth-order valence-electron chi connectivity index (χ4n) is 3.08. The van der Waals surface area contributed by atoms with E-state index in [2.05, 4.69) is 18.8 Å². The number of nitrogen functional groups attached to an aromatic ring is 1. The Labute approximate surface area is 118 Å². The van der Waals surface area contributed by atoms with Crippen molar-refractivity contribution in [3.63, 3.8) is 0 Å². The van der Waals surface area contributed by atoms with E-state index in [0.29, 0.717) is 0 Å². The van der Waals surface area contributed by atoms with E-state index in [1.54, 1.807) is 12.3 Å². The maximum Gasteiger partial charge on any atom is 0.351 e. The Morgan fingerprint density at radius 3 is 2.80 bits per heavy atom. The smallest absolute Gasteiger partial charge is 0.351 e. The van der Waals surface area contributed by atoms with Gasteiger partial charge in [0.05, 0.1) is 12.2 Å². The number of rotatable bonds is 4. The molecule has 1 saturated heterocycles. The lowest BCUT2D eigenvalue weighted by atomic mass is 9.80. The molecule has 0 radical (unpaired) electrons. The molecular formula is C14H23N3O3. The van der Waals surface area contributed by atoms with Crippen LogP contribution in [0.2, 0.25) is 0 Å². The zero-order chi connectivity index (χ0) is 14.9. The molecule has 20 heavy (non-hydrogen) atoms. The van der Waals surface area contributed by atoms with E-state index < -0.39 is 17.5 Å². The van der Waals surface area contributed by atoms with Crippen LogP contribution in [0.1, 0.15) is 39.8 Å². The van der Waals surface area contributed by atoms with Crippen LogP contribution in [-0.2, 0) is 4.74 Å². The Bertz CT molecular complexity index is 531. The van der Waals surface area contributed by atoms with Crippen molar-refractivity contribution >= 4 is 5.82 Å². The Balaban J connectivity index is 2.37. The maximum atomic E-state index is 12.0. The van der Waals surface area contributed by atoms with E-state index in [1.165, 1.54) is 4.57 Å². The van der Waals surface area contributed by atoms with Crippen molar-refractivity contribution < 1.29 is 9.84 Å². The summed E-state index contributed by atoms with van der Waals surface area (Å²) in [6.45, 7) is 6.11. The SMILES string of the molecule is CCC[C@]1(CO)OC(n2ccc(N)nc2=O)[C@H](C)[C@@H]1C. The quantitative estimate of drug-likeness (QED) is 0.864. The summed E-state index contributed by atoms with van der Waals surface area (Å²) in [7, 11) is 0. The van der Waals surface area contributed by atoms with Crippen LogP contribution in [0, 0.1) is 11.8 Å². The highest BCUT2D eigenvalue weighted by molar-refractivity contribution is 5.23. The molecule has 0 amide bonds. The minimum absolute atomic E-state index is 0.0417. The van der Waals surface area contributed by atoms with Gasteiger partial charge in [-0.25, -0.2) is 4.79 Å². The van der Waals surface area contributed by atoms with E-state index in [-0.39, 0.29) is 24.3 Å². The van der Waals surface area contributed by atoms with Gasteiger partial charge in [0.25, 0.3) is 0 Å². The predicted molar refractivity (Wildman–Crippen MR) is 76.1 cm³/mol. The second kappa shape index (κ2) is 5.54. The molecule has 2 rings (SSSR count). The molecule has 6 nitrogen and oxygen atoms in total. The van der Waals surface area contributed by atoms with Crippen LogP contribution in [-0.4, -0.2) is 26.9 Å². The van der Waals surface area contributed by atoms with Crippen LogP contribution in [0.3, 0.4) is 0 Å². The van der Waals surface area contributed by atoms with Crippen molar-refractivity contribution in [2.24, 2.45) is 11.8 Å². The fourth-order valence-corrected chi connectivity index (χ4v) is 3.08. The first-order valence-corrected chi connectivity index (χ1v) is 7.08. The summed E-state index contributed by atoms with van der Waals surface area (Å²) >= 11 is 0. The fraction of sp³-hybridized carbons (Fsp3) is 0.714. The molecule has 0 spiro atoms. The van der Waals surface area contributed by atoms with Crippen LogP contribution in [0.25, 0.3) is 0 Å². The molecular weight excluding hydrogens is 258 g/mol. The van der Waals surface area contributed by atoms with Gasteiger partial charge in [-0.05, 0) is 18.4 Å². The summed E-state index contributed by atoms with van der Waals surface area (Å²) in [5.74, 6) is 0.464. The normalized spacial score (nSPS) is 33.5. The Morgan fingerprint density at radius 1 is 1.55 bits per heavy atom. The minimum Gasteiger partial charge on any atom is -0.393 e. The monoisotopic (exact) mass is 281 g/mol. The third-order valence-electron chi connectivity index (χ3n) is 4.49. The third kappa shape index (κ3) is 2.33. The standard InChI is InChI=1S/C14H23N3O3/c1-4-6-14(8-18)10(3)9(2)12(20-14)17-7-5-11(15)16-13(17)19/h5,7,9-10,12,18H,4,6,8H2,1-3H3,(H2,15,16,19)/t9-,10+,12?,14-/m1/s1. The van der Waals surface area contributed by atoms with Gasteiger partial charge in [0.2, 0.25) is 0 Å². The molecule has 1 aliphatic heterocycles. The molecule has 1 unspecified atom stereocenters.